The zero-order valence-corrected chi connectivity index (χ0v) is 35.4. The second-order valence-electron chi connectivity index (χ2n) is 15.6. The summed E-state index contributed by atoms with van der Waals surface area (Å²) >= 11 is 0. The molecule has 316 valence electrons. The molecule has 58 heavy (non-hydrogen) atoms. The summed E-state index contributed by atoms with van der Waals surface area (Å²) in [7, 11) is 0. The second kappa shape index (κ2) is 23.2. The number of hydrogen-bond acceptors (Lipinski definition) is 8. The van der Waals surface area contributed by atoms with Gasteiger partial charge in [0.2, 0.25) is 23.6 Å². The fourth-order valence-electron chi connectivity index (χ4n) is 6.54. The van der Waals surface area contributed by atoms with E-state index in [9.17, 15) is 29.1 Å². The molecule has 0 spiro atoms. The zero-order valence-electron chi connectivity index (χ0n) is 35.4. The minimum Gasteiger partial charge on any atom is -0.494 e. The first-order valence-corrected chi connectivity index (χ1v) is 20.5. The van der Waals surface area contributed by atoms with Crippen LogP contribution in [0.5, 0.6) is 5.75 Å². The lowest BCUT2D eigenvalue weighted by molar-refractivity contribution is -0.150. The molecule has 7 atom stereocenters. The first kappa shape index (κ1) is 47.1. The average molecular weight is 801 g/mol. The number of carbonyl (C=O) groups is 5. The van der Waals surface area contributed by atoms with Crippen molar-refractivity contribution in [3.05, 3.63) is 102 Å². The predicted octanol–water partition coefficient (Wildman–Crippen LogP) is 5.44. The van der Waals surface area contributed by atoms with Crippen molar-refractivity contribution in [1.29, 1.82) is 0 Å². The Balaban J connectivity index is 1.77. The molecule has 4 amide bonds. The summed E-state index contributed by atoms with van der Waals surface area (Å²) in [5.74, 6) is -2.90. The van der Waals surface area contributed by atoms with Crippen molar-refractivity contribution in [3.8, 4) is 5.75 Å². The highest BCUT2D eigenvalue weighted by atomic mass is 16.5. The maximum Gasteiger partial charge on any atom is 0.329 e. The summed E-state index contributed by atoms with van der Waals surface area (Å²) in [5, 5.41) is 23.2. The molecule has 0 aliphatic rings. The molecule has 0 heterocycles. The van der Waals surface area contributed by atoms with Crippen molar-refractivity contribution in [1.82, 2.24) is 21.3 Å². The van der Waals surface area contributed by atoms with Crippen LogP contribution in [0.3, 0.4) is 0 Å². The third-order valence-electron chi connectivity index (χ3n) is 10.8. The first-order valence-electron chi connectivity index (χ1n) is 20.5. The number of aliphatic hydroxyl groups excluding tert-OH is 1. The standard InChI is InChI=1S/C46H64N4O8/c1-9-31(6)42(43(54)49-41(30(4)5)44(55)58-29-34-21-16-13-17-22-34)48-39(52)28-38(51)37(26-33-19-14-12-15-20-33)47-45(56)46(8,32(7)10-2)50-40(53)27-35-23-18-24-36(25-35)57-11-3/h12-25,30-32,37-38,41-42,51H,9-11,26-29H2,1-8H3,(H,47,56)(H,48,52)(H,49,54)(H,50,53)/t31-,32-,37-,38-,41-,42-,46-/m0/s1. The quantitative estimate of drug-likeness (QED) is 0.0790. The Hall–Kier alpha value is -5.23. The Morgan fingerprint density at radius 1 is 0.724 bits per heavy atom. The molecular formula is C46H64N4O8. The van der Waals surface area contributed by atoms with Crippen LogP contribution in [0.4, 0.5) is 0 Å². The molecule has 12 nitrogen and oxygen atoms in total. The largest absolute Gasteiger partial charge is 0.494 e. The van der Waals surface area contributed by atoms with Crippen LogP contribution in [0.25, 0.3) is 0 Å². The molecule has 0 unspecified atom stereocenters. The van der Waals surface area contributed by atoms with Crippen molar-refractivity contribution in [3.63, 3.8) is 0 Å². The van der Waals surface area contributed by atoms with E-state index in [4.69, 9.17) is 9.47 Å². The lowest BCUT2D eigenvalue weighted by Gasteiger charge is -2.37. The molecule has 0 aromatic heterocycles. The molecule has 3 aromatic rings. The number of amides is 4. The topological polar surface area (TPSA) is 172 Å². The van der Waals surface area contributed by atoms with Crippen molar-refractivity contribution in [2.45, 2.75) is 124 Å². The lowest BCUT2D eigenvalue weighted by Crippen LogP contribution is -2.63. The van der Waals surface area contributed by atoms with Crippen molar-refractivity contribution in [2.24, 2.45) is 17.8 Å². The van der Waals surface area contributed by atoms with Gasteiger partial charge in [-0.2, -0.15) is 0 Å². The van der Waals surface area contributed by atoms with E-state index in [1.54, 1.807) is 26.8 Å². The number of rotatable bonds is 23. The van der Waals surface area contributed by atoms with E-state index in [0.29, 0.717) is 25.2 Å². The van der Waals surface area contributed by atoms with E-state index < -0.39 is 59.9 Å². The highest BCUT2D eigenvalue weighted by molar-refractivity contribution is 5.93. The van der Waals surface area contributed by atoms with Crippen molar-refractivity contribution < 1.29 is 38.6 Å². The van der Waals surface area contributed by atoms with E-state index in [0.717, 1.165) is 16.7 Å². The van der Waals surface area contributed by atoms with Gasteiger partial charge in [0, 0.05) is 0 Å². The van der Waals surface area contributed by atoms with Gasteiger partial charge in [-0.3, -0.25) is 19.2 Å². The van der Waals surface area contributed by atoms with E-state index >= 15 is 0 Å². The van der Waals surface area contributed by atoms with Gasteiger partial charge in [-0.25, -0.2) is 4.79 Å². The zero-order chi connectivity index (χ0) is 42.8. The van der Waals surface area contributed by atoms with Gasteiger partial charge < -0.3 is 35.8 Å². The van der Waals surface area contributed by atoms with Gasteiger partial charge in [-0.1, -0.05) is 127 Å². The first-order chi connectivity index (χ1) is 27.6. The fourth-order valence-corrected chi connectivity index (χ4v) is 6.54. The molecule has 0 aliphatic carbocycles. The SMILES string of the molecule is CCOc1cccc(CC(=O)N[C@](C)(C(=O)N[C@@H](Cc2ccccc2)[C@@H](O)CC(=O)N[C@H](C(=O)N[C@H](C(=O)OCc2ccccc2)C(C)C)[C@@H](C)CC)[C@@H](C)CC)c1. The summed E-state index contributed by atoms with van der Waals surface area (Å²) in [5.41, 5.74) is 0.982. The molecule has 5 N–H and O–H groups in total. The van der Waals surface area contributed by atoms with Crippen LogP contribution in [0.1, 0.15) is 91.3 Å². The average Bonchev–Trinajstić information content (AvgIpc) is 3.20. The van der Waals surface area contributed by atoms with Gasteiger partial charge in [0.25, 0.3) is 0 Å². The van der Waals surface area contributed by atoms with Gasteiger partial charge in [0.1, 0.15) is 30.0 Å². The molecule has 0 fully saturated rings. The molecule has 0 aliphatic heterocycles. The molecule has 0 saturated carbocycles. The number of esters is 1. The number of aliphatic hydroxyl groups is 1. The van der Waals surface area contributed by atoms with E-state index in [2.05, 4.69) is 21.3 Å². The molecule has 3 rings (SSSR count). The Bertz CT molecular complexity index is 1770. The summed E-state index contributed by atoms with van der Waals surface area (Å²) in [6, 6.07) is 22.8. The van der Waals surface area contributed by atoms with Crippen molar-refractivity contribution >= 4 is 29.6 Å². The predicted molar refractivity (Wildman–Crippen MR) is 224 cm³/mol. The van der Waals surface area contributed by atoms with Crippen LogP contribution in [0, 0.1) is 17.8 Å². The van der Waals surface area contributed by atoms with Gasteiger partial charge in [-0.15, -0.1) is 0 Å². The Kier molecular flexibility index (Phi) is 18.9. The minimum absolute atomic E-state index is 0.0220. The maximum absolute atomic E-state index is 14.3. The minimum atomic E-state index is -1.38. The van der Waals surface area contributed by atoms with Crippen LogP contribution < -0.4 is 26.0 Å². The number of nitrogens with one attached hydrogen (secondary N) is 4. The number of benzene rings is 3. The highest BCUT2D eigenvalue weighted by Crippen LogP contribution is 2.23. The number of ether oxygens (including phenoxy) is 2. The fraction of sp³-hybridized carbons (Fsp3) is 0.500. The van der Waals surface area contributed by atoms with Crippen LogP contribution in [0.15, 0.2) is 84.9 Å². The van der Waals surface area contributed by atoms with Gasteiger partial charge in [0.05, 0.1) is 31.6 Å². The summed E-state index contributed by atoms with van der Waals surface area (Å²) < 4.78 is 11.1. The summed E-state index contributed by atoms with van der Waals surface area (Å²) in [6.45, 7) is 15.2. The van der Waals surface area contributed by atoms with Crippen LogP contribution in [-0.4, -0.2) is 71.1 Å². The van der Waals surface area contributed by atoms with Crippen molar-refractivity contribution in [2.75, 3.05) is 6.61 Å². The normalized spacial score (nSPS) is 15.3. The van der Waals surface area contributed by atoms with E-state index in [1.165, 1.54) is 0 Å². The Labute approximate surface area is 344 Å². The molecular weight excluding hydrogens is 737 g/mol. The number of hydrogen-bond donors (Lipinski definition) is 5. The molecule has 0 radical (unpaired) electrons. The highest BCUT2D eigenvalue weighted by Gasteiger charge is 2.41. The molecule has 0 bridgehead atoms. The molecule has 12 heteroatoms. The molecule has 0 saturated heterocycles. The monoisotopic (exact) mass is 800 g/mol. The van der Waals surface area contributed by atoms with Crippen LogP contribution in [0.2, 0.25) is 0 Å². The summed E-state index contributed by atoms with van der Waals surface area (Å²) in [6.07, 6.45) is -0.497. The lowest BCUT2D eigenvalue weighted by atomic mass is 9.83. The second-order valence-corrected chi connectivity index (χ2v) is 15.6. The van der Waals surface area contributed by atoms with Gasteiger partial charge >= 0.3 is 5.97 Å². The van der Waals surface area contributed by atoms with E-state index in [-0.39, 0.29) is 43.1 Å². The van der Waals surface area contributed by atoms with E-state index in [1.807, 2.05) is 113 Å². The third-order valence-corrected chi connectivity index (χ3v) is 10.8. The number of carbonyl (C=O) groups excluding carboxylic acids is 5. The third kappa shape index (κ3) is 14.3. The Morgan fingerprint density at radius 3 is 1.93 bits per heavy atom. The smallest absolute Gasteiger partial charge is 0.329 e. The van der Waals surface area contributed by atoms with Gasteiger partial charge in [0.15, 0.2) is 0 Å². The molecule has 3 aromatic carbocycles. The Morgan fingerprint density at radius 2 is 1.34 bits per heavy atom. The van der Waals surface area contributed by atoms with Gasteiger partial charge in [-0.05, 0) is 66.8 Å². The van der Waals surface area contributed by atoms with Crippen LogP contribution >= 0.6 is 0 Å². The van der Waals surface area contributed by atoms with Crippen LogP contribution in [-0.2, 0) is 48.2 Å². The summed E-state index contributed by atoms with van der Waals surface area (Å²) in [4.78, 5) is 68.2. The maximum atomic E-state index is 14.3.